The molecular weight excluding hydrogens is 378 g/mol. The molecule has 6 nitrogen and oxygen atoms in total. The van der Waals surface area contributed by atoms with E-state index in [0.717, 1.165) is 30.6 Å². The first-order valence-electron chi connectivity index (χ1n) is 10.5. The van der Waals surface area contributed by atoms with Crippen LogP contribution in [0.1, 0.15) is 43.5 Å². The van der Waals surface area contributed by atoms with E-state index in [-0.39, 0.29) is 11.3 Å². The van der Waals surface area contributed by atoms with Crippen LogP contribution in [0.4, 0.5) is 0 Å². The fourth-order valence-electron chi connectivity index (χ4n) is 3.85. The van der Waals surface area contributed by atoms with Crippen LogP contribution in [0.15, 0.2) is 54.4 Å². The van der Waals surface area contributed by atoms with Crippen molar-refractivity contribution < 1.29 is 14.7 Å². The van der Waals surface area contributed by atoms with Gasteiger partial charge in [0.15, 0.2) is 0 Å². The van der Waals surface area contributed by atoms with Gasteiger partial charge in [-0.1, -0.05) is 45.0 Å². The number of aromatic nitrogens is 1. The van der Waals surface area contributed by atoms with Gasteiger partial charge < -0.3 is 14.9 Å². The summed E-state index contributed by atoms with van der Waals surface area (Å²) in [4.78, 5) is 33.7. The smallest absolute Gasteiger partial charge is 0.295 e. The molecule has 30 heavy (non-hydrogen) atoms. The highest BCUT2D eigenvalue weighted by atomic mass is 16.3. The quantitative estimate of drug-likeness (QED) is 0.412. The third kappa shape index (κ3) is 4.28. The van der Waals surface area contributed by atoms with Crippen LogP contribution < -0.4 is 0 Å². The molecule has 1 saturated heterocycles. The molecule has 0 aliphatic carbocycles. The van der Waals surface area contributed by atoms with E-state index in [1.165, 1.54) is 0 Å². The van der Waals surface area contributed by atoms with Crippen LogP contribution in [0.25, 0.3) is 5.76 Å². The summed E-state index contributed by atoms with van der Waals surface area (Å²) in [6.45, 7) is 8.99. The first kappa shape index (κ1) is 21.7. The summed E-state index contributed by atoms with van der Waals surface area (Å²) in [7, 11) is 0. The van der Waals surface area contributed by atoms with Gasteiger partial charge in [0.05, 0.1) is 11.6 Å². The molecular formula is C24H29N3O3. The maximum absolute atomic E-state index is 13.0. The van der Waals surface area contributed by atoms with E-state index in [0.29, 0.717) is 18.7 Å². The van der Waals surface area contributed by atoms with E-state index in [1.807, 2.05) is 12.1 Å². The van der Waals surface area contributed by atoms with E-state index in [1.54, 1.807) is 41.6 Å². The molecule has 158 valence electrons. The Labute approximate surface area is 177 Å². The molecule has 3 rings (SSSR count). The number of likely N-dealkylation sites (tertiary alicyclic amines) is 1. The van der Waals surface area contributed by atoms with Gasteiger partial charge in [0, 0.05) is 31.0 Å². The second kappa shape index (κ2) is 9.67. The van der Waals surface area contributed by atoms with Gasteiger partial charge in [-0.05, 0) is 42.8 Å². The van der Waals surface area contributed by atoms with Crippen molar-refractivity contribution >= 4 is 17.4 Å². The molecule has 1 atom stereocenters. The number of hydrogen-bond donors (Lipinski definition) is 1. The Balaban J connectivity index is 2.05. The van der Waals surface area contributed by atoms with Crippen molar-refractivity contribution in [3.8, 4) is 0 Å². The van der Waals surface area contributed by atoms with Gasteiger partial charge in [0.2, 0.25) is 0 Å². The average molecular weight is 408 g/mol. The van der Waals surface area contributed by atoms with Crippen molar-refractivity contribution in [2.24, 2.45) is 0 Å². The fourth-order valence-corrected chi connectivity index (χ4v) is 3.85. The Kier molecular flexibility index (Phi) is 7.00. The number of aliphatic hydroxyl groups is 1. The zero-order chi connectivity index (χ0) is 21.7. The molecule has 1 fully saturated rings. The van der Waals surface area contributed by atoms with Crippen LogP contribution in [0.5, 0.6) is 0 Å². The molecule has 1 aromatic heterocycles. The number of hydrogen-bond acceptors (Lipinski definition) is 5. The van der Waals surface area contributed by atoms with Crippen molar-refractivity contribution in [1.29, 1.82) is 0 Å². The highest BCUT2D eigenvalue weighted by molar-refractivity contribution is 6.46. The minimum absolute atomic E-state index is 0.134. The molecule has 1 N–H and O–H groups in total. The van der Waals surface area contributed by atoms with E-state index < -0.39 is 17.7 Å². The Bertz CT molecular complexity index is 918. The zero-order valence-corrected chi connectivity index (χ0v) is 17.8. The lowest BCUT2D eigenvalue weighted by molar-refractivity contribution is -0.140. The summed E-state index contributed by atoms with van der Waals surface area (Å²) in [6.07, 6.45) is 4.15. The topological polar surface area (TPSA) is 73.7 Å². The van der Waals surface area contributed by atoms with Crippen LogP contribution >= 0.6 is 0 Å². The van der Waals surface area contributed by atoms with Crippen LogP contribution in [-0.2, 0) is 16.0 Å². The number of pyridine rings is 1. The fraction of sp³-hybridized carbons (Fsp3) is 0.375. The summed E-state index contributed by atoms with van der Waals surface area (Å²) >= 11 is 0. The first-order valence-corrected chi connectivity index (χ1v) is 10.5. The van der Waals surface area contributed by atoms with E-state index in [9.17, 15) is 14.7 Å². The molecule has 0 saturated carbocycles. The van der Waals surface area contributed by atoms with Gasteiger partial charge in [-0.15, -0.1) is 0 Å². The van der Waals surface area contributed by atoms with Crippen molar-refractivity contribution in [2.75, 3.05) is 26.2 Å². The number of rotatable bonds is 8. The SMILES string of the molecule is CCc1ccc(/C(O)=C2/C(=O)C(=O)N(CCN(CC)CC)C2c2ccncc2)cc1. The Morgan fingerprint density at radius 2 is 1.67 bits per heavy atom. The van der Waals surface area contributed by atoms with Crippen LogP contribution in [0.2, 0.25) is 0 Å². The van der Waals surface area contributed by atoms with Crippen molar-refractivity contribution in [3.05, 3.63) is 71.1 Å². The lowest BCUT2D eigenvalue weighted by Crippen LogP contribution is -2.38. The summed E-state index contributed by atoms with van der Waals surface area (Å²) in [5.74, 6) is -1.35. The highest BCUT2D eigenvalue weighted by Crippen LogP contribution is 2.39. The van der Waals surface area contributed by atoms with Gasteiger partial charge in [0.25, 0.3) is 11.7 Å². The molecule has 1 aliphatic heterocycles. The van der Waals surface area contributed by atoms with Crippen molar-refractivity contribution in [3.63, 3.8) is 0 Å². The lowest BCUT2D eigenvalue weighted by atomic mass is 9.95. The molecule has 1 aromatic carbocycles. The van der Waals surface area contributed by atoms with Crippen molar-refractivity contribution in [2.45, 2.75) is 33.2 Å². The number of ketones is 1. The number of carbonyl (C=O) groups excluding carboxylic acids is 2. The molecule has 0 radical (unpaired) electrons. The molecule has 0 spiro atoms. The third-order valence-corrected chi connectivity index (χ3v) is 5.75. The van der Waals surface area contributed by atoms with Gasteiger partial charge in [-0.3, -0.25) is 14.6 Å². The summed E-state index contributed by atoms with van der Waals surface area (Å²) < 4.78 is 0. The zero-order valence-electron chi connectivity index (χ0n) is 17.8. The van der Waals surface area contributed by atoms with Gasteiger partial charge >= 0.3 is 0 Å². The summed E-state index contributed by atoms with van der Waals surface area (Å²) in [6, 6.07) is 10.4. The second-order valence-corrected chi connectivity index (χ2v) is 7.35. The maximum Gasteiger partial charge on any atom is 0.295 e. The van der Waals surface area contributed by atoms with Crippen LogP contribution in [0.3, 0.4) is 0 Å². The molecule has 0 bridgehead atoms. The lowest BCUT2D eigenvalue weighted by Gasteiger charge is -2.28. The number of likely N-dealkylation sites (N-methyl/N-ethyl adjacent to an activating group) is 1. The van der Waals surface area contributed by atoms with Crippen molar-refractivity contribution in [1.82, 2.24) is 14.8 Å². The van der Waals surface area contributed by atoms with Crippen LogP contribution in [0, 0.1) is 0 Å². The molecule has 6 heteroatoms. The summed E-state index contributed by atoms with van der Waals surface area (Å²) in [5, 5.41) is 11.0. The van der Waals surface area contributed by atoms with E-state index >= 15 is 0 Å². The number of Topliss-reactive ketones (excluding diaryl/α,β-unsaturated/α-hetero) is 1. The van der Waals surface area contributed by atoms with Crippen LogP contribution in [-0.4, -0.2) is 57.8 Å². The number of nitrogens with zero attached hydrogens (tertiary/aromatic N) is 3. The summed E-state index contributed by atoms with van der Waals surface area (Å²) in [5.41, 5.74) is 2.57. The highest BCUT2D eigenvalue weighted by Gasteiger charge is 2.45. The van der Waals surface area contributed by atoms with Gasteiger partial charge in [0.1, 0.15) is 5.76 Å². The number of aliphatic hydroxyl groups excluding tert-OH is 1. The van der Waals surface area contributed by atoms with Gasteiger partial charge in [-0.25, -0.2) is 0 Å². The molecule has 2 heterocycles. The van der Waals surface area contributed by atoms with E-state index in [2.05, 4.69) is 30.7 Å². The van der Waals surface area contributed by atoms with E-state index in [4.69, 9.17) is 0 Å². The molecule has 1 amide bonds. The molecule has 1 aliphatic rings. The predicted molar refractivity (Wildman–Crippen MR) is 117 cm³/mol. The molecule has 1 unspecified atom stereocenters. The maximum atomic E-state index is 13.0. The Morgan fingerprint density at radius 3 is 2.23 bits per heavy atom. The Morgan fingerprint density at radius 1 is 1.03 bits per heavy atom. The Hall–Kier alpha value is -2.99. The predicted octanol–water partition coefficient (Wildman–Crippen LogP) is 3.41. The standard InChI is InChI=1S/C24H29N3O3/c1-4-17-7-9-19(10-8-17)22(28)20-21(18-11-13-25-14-12-18)27(24(30)23(20)29)16-15-26(5-2)6-3/h7-14,21,28H,4-6,15-16H2,1-3H3/b22-20-. The number of aryl methyl sites for hydroxylation is 1. The second-order valence-electron chi connectivity index (χ2n) is 7.35. The minimum atomic E-state index is -0.645. The average Bonchev–Trinajstić information content (AvgIpc) is 3.05. The largest absolute Gasteiger partial charge is 0.507 e. The number of amides is 1. The molecule has 2 aromatic rings. The number of benzene rings is 1. The normalized spacial score (nSPS) is 18.4. The number of carbonyl (C=O) groups is 2. The monoisotopic (exact) mass is 407 g/mol. The first-order chi connectivity index (χ1) is 14.5. The third-order valence-electron chi connectivity index (χ3n) is 5.75. The minimum Gasteiger partial charge on any atom is -0.507 e. The van der Waals surface area contributed by atoms with Gasteiger partial charge in [-0.2, -0.15) is 0 Å².